The van der Waals surface area contributed by atoms with Gasteiger partial charge in [-0.25, -0.2) is 0 Å². The maximum Gasteiger partial charge on any atom is 0.0414 e. The van der Waals surface area contributed by atoms with Crippen molar-refractivity contribution in [1.82, 2.24) is 4.90 Å². The zero-order valence-electron chi connectivity index (χ0n) is 9.67. The van der Waals surface area contributed by atoms with Crippen molar-refractivity contribution in [3.63, 3.8) is 0 Å². The van der Waals surface area contributed by atoms with Gasteiger partial charge < -0.3 is 0 Å². The van der Waals surface area contributed by atoms with E-state index in [9.17, 15) is 0 Å². The highest BCUT2D eigenvalue weighted by Crippen LogP contribution is 2.48. The van der Waals surface area contributed by atoms with Crippen LogP contribution in [0.25, 0.3) is 0 Å². The monoisotopic (exact) mass is 181 g/mol. The fourth-order valence-corrected chi connectivity index (χ4v) is 1.90. The van der Waals surface area contributed by atoms with E-state index in [1.165, 1.54) is 12.8 Å². The SMILES string of the molecule is CCC(C)C=CC1(N(C)C)CC1C. The Hall–Kier alpha value is -0.300. The van der Waals surface area contributed by atoms with Gasteiger partial charge in [0, 0.05) is 5.54 Å². The highest BCUT2D eigenvalue weighted by atomic mass is 15.2. The first-order chi connectivity index (χ1) is 6.03. The summed E-state index contributed by atoms with van der Waals surface area (Å²) in [6, 6.07) is 0. The van der Waals surface area contributed by atoms with Crippen molar-refractivity contribution in [3.8, 4) is 0 Å². The van der Waals surface area contributed by atoms with E-state index < -0.39 is 0 Å². The summed E-state index contributed by atoms with van der Waals surface area (Å²) in [5.74, 6) is 1.56. The molecule has 0 amide bonds. The van der Waals surface area contributed by atoms with Crippen LogP contribution in [0.4, 0.5) is 0 Å². The highest BCUT2D eigenvalue weighted by Gasteiger charge is 2.50. The smallest absolute Gasteiger partial charge is 0.0414 e. The maximum atomic E-state index is 2.42. The second-order valence-electron chi connectivity index (χ2n) is 4.74. The van der Waals surface area contributed by atoms with E-state index in [0.29, 0.717) is 5.54 Å². The van der Waals surface area contributed by atoms with Crippen molar-refractivity contribution < 1.29 is 0 Å². The Balaban J connectivity index is 2.56. The molecule has 1 aliphatic carbocycles. The van der Waals surface area contributed by atoms with Crippen molar-refractivity contribution in [2.45, 2.75) is 39.2 Å². The molecule has 0 aromatic rings. The molecule has 0 aromatic carbocycles. The molecule has 3 unspecified atom stereocenters. The van der Waals surface area contributed by atoms with E-state index in [4.69, 9.17) is 0 Å². The van der Waals surface area contributed by atoms with E-state index in [2.05, 4.69) is 51.9 Å². The number of nitrogens with zero attached hydrogens (tertiary/aromatic N) is 1. The lowest BCUT2D eigenvalue weighted by Crippen LogP contribution is -2.29. The van der Waals surface area contributed by atoms with Gasteiger partial charge in [-0.2, -0.15) is 0 Å². The third-order valence-corrected chi connectivity index (χ3v) is 3.52. The maximum absolute atomic E-state index is 2.42. The molecule has 0 heterocycles. The second-order valence-corrected chi connectivity index (χ2v) is 4.74. The molecule has 0 aliphatic heterocycles. The summed E-state index contributed by atoms with van der Waals surface area (Å²) >= 11 is 0. The molecule has 13 heavy (non-hydrogen) atoms. The Kier molecular flexibility index (Phi) is 3.18. The fraction of sp³-hybridized carbons (Fsp3) is 0.833. The van der Waals surface area contributed by atoms with E-state index in [0.717, 1.165) is 11.8 Å². The predicted octanol–water partition coefficient (Wildman–Crippen LogP) is 2.93. The number of allylic oxidation sites excluding steroid dienone is 1. The summed E-state index contributed by atoms with van der Waals surface area (Å²) in [6.07, 6.45) is 7.37. The molecular formula is C12H23N. The van der Waals surface area contributed by atoms with Crippen molar-refractivity contribution in [3.05, 3.63) is 12.2 Å². The van der Waals surface area contributed by atoms with Crippen LogP contribution in [0.2, 0.25) is 0 Å². The van der Waals surface area contributed by atoms with Gasteiger partial charge in [-0.1, -0.05) is 39.3 Å². The molecule has 3 atom stereocenters. The number of rotatable bonds is 4. The lowest BCUT2D eigenvalue weighted by Gasteiger charge is -2.21. The summed E-state index contributed by atoms with van der Waals surface area (Å²) in [5, 5.41) is 0. The molecule has 1 fully saturated rings. The van der Waals surface area contributed by atoms with Gasteiger partial charge in [0.25, 0.3) is 0 Å². The fourth-order valence-electron chi connectivity index (χ4n) is 1.90. The molecule has 1 aliphatic rings. The highest BCUT2D eigenvalue weighted by molar-refractivity contribution is 5.21. The van der Waals surface area contributed by atoms with Crippen molar-refractivity contribution in [2.24, 2.45) is 11.8 Å². The van der Waals surface area contributed by atoms with Crippen LogP contribution >= 0.6 is 0 Å². The Bertz CT molecular complexity index is 195. The van der Waals surface area contributed by atoms with Crippen LogP contribution in [0.15, 0.2) is 12.2 Å². The standard InChI is InChI=1S/C12H23N/c1-6-10(2)7-8-12(13(4)5)9-11(12)3/h7-8,10-11H,6,9H2,1-5H3. The van der Waals surface area contributed by atoms with Gasteiger partial charge >= 0.3 is 0 Å². The first-order valence-corrected chi connectivity index (χ1v) is 5.39. The molecule has 0 saturated heterocycles. The van der Waals surface area contributed by atoms with E-state index in [1.807, 2.05) is 0 Å². The van der Waals surface area contributed by atoms with Gasteiger partial charge in [-0.3, -0.25) is 4.90 Å². The van der Waals surface area contributed by atoms with Crippen LogP contribution in [0.3, 0.4) is 0 Å². The zero-order chi connectivity index (χ0) is 10.1. The first kappa shape index (κ1) is 10.8. The molecule has 1 heteroatoms. The quantitative estimate of drug-likeness (QED) is 0.603. The average molecular weight is 181 g/mol. The van der Waals surface area contributed by atoms with Crippen LogP contribution < -0.4 is 0 Å². The minimum Gasteiger partial charge on any atom is -0.300 e. The summed E-state index contributed by atoms with van der Waals surface area (Å²) in [6.45, 7) is 6.86. The van der Waals surface area contributed by atoms with Gasteiger partial charge in [0.15, 0.2) is 0 Å². The Morgan fingerprint density at radius 1 is 1.54 bits per heavy atom. The summed E-state index contributed by atoms with van der Waals surface area (Å²) in [5.41, 5.74) is 0.392. The van der Waals surface area contributed by atoms with Gasteiger partial charge in [0.05, 0.1) is 0 Å². The van der Waals surface area contributed by atoms with Gasteiger partial charge in [0.2, 0.25) is 0 Å². The molecule has 1 nitrogen and oxygen atoms in total. The molecule has 76 valence electrons. The molecule has 0 spiro atoms. The third-order valence-electron chi connectivity index (χ3n) is 3.52. The van der Waals surface area contributed by atoms with Crippen LogP contribution in [0.1, 0.15) is 33.6 Å². The van der Waals surface area contributed by atoms with E-state index >= 15 is 0 Å². The lowest BCUT2D eigenvalue weighted by atomic mass is 10.1. The molecule has 0 radical (unpaired) electrons. The topological polar surface area (TPSA) is 3.24 Å². The van der Waals surface area contributed by atoms with Crippen LogP contribution in [0.5, 0.6) is 0 Å². The molecule has 1 saturated carbocycles. The van der Waals surface area contributed by atoms with Crippen LogP contribution in [0, 0.1) is 11.8 Å². The van der Waals surface area contributed by atoms with Crippen molar-refractivity contribution in [1.29, 1.82) is 0 Å². The molecule has 1 rings (SSSR count). The van der Waals surface area contributed by atoms with Crippen LogP contribution in [-0.2, 0) is 0 Å². The normalized spacial score (nSPS) is 35.7. The van der Waals surface area contributed by atoms with Crippen molar-refractivity contribution in [2.75, 3.05) is 14.1 Å². The second kappa shape index (κ2) is 3.83. The number of hydrogen-bond acceptors (Lipinski definition) is 1. The summed E-state index contributed by atoms with van der Waals surface area (Å²) in [4.78, 5) is 2.36. The Labute approximate surface area is 82.8 Å². The van der Waals surface area contributed by atoms with E-state index in [-0.39, 0.29) is 0 Å². The summed E-state index contributed by atoms with van der Waals surface area (Å²) < 4.78 is 0. The van der Waals surface area contributed by atoms with Gasteiger partial charge in [-0.15, -0.1) is 0 Å². The molecular weight excluding hydrogens is 158 g/mol. The number of likely N-dealkylation sites (N-methyl/N-ethyl adjacent to an activating group) is 1. The minimum absolute atomic E-state index is 0.392. The molecule has 0 bridgehead atoms. The largest absolute Gasteiger partial charge is 0.300 e. The van der Waals surface area contributed by atoms with Gasteiger partial charge in [0.1, 0.15) is 0 Å². The van der Waals surface area contributed by atoms with E-state index in [1.54, 1.807) is 0 Å². The van der Waals surface area contributed by atoms with Crippen molar-refractivity contribution >= 4 is 0 Å². The lowest BCUT2D eigenvalue weighted by molar-refractivity contribution is 0.306. The molecule has 0 N–H and O–H groups in total. The van der Waals surface area contributed by atoms with Crippen LogP contribution in [-0.4, -0.2) is 24.5 Å². The third kappa shape index (κ3) is 2.14. The minimum atomic E-state index is 0.392. The van der Waals surface area contributed by atoms with Gasteiger partial charge in [-0.05, 0) is 32.4 Å². The average Bonchev–Trinajstić information content (AvgIpc) is 2.74. The summed E-state index contributed by atoms with van der Waals surface area (Å²) in [7, 11) is 4.37. The number of hydrogen-bond donors (Lipinski definition) is 0. The molecule has 0 aromatic heterocycles. The first-order valence-electron chi connectivity index (χ1n) is 5.39. The Morgan fingerprint density at radius 3 is 2.38 bits per heavy atom. The zero-order valence-corrected chi connectivity index (χ0v) is 9.67. The Morgan fingerprint density at radius 2 is 2.08 bits per heavy atom. The predicted molar refractivity (Wildman–Crippen MR) is 58.8 cm³/mol.